The molecule has 0 aliphatic rings. The summed E-state index contributed by atoms with van der Waals surface area (Å²) in [5.74, 6) is 0.430. The first-order chi connectivity index (χ1) is 15.8. The van der Waals surface area contributed by atoms with Crippen LogP contribution in [0.2, 0.25) is 0 Å². The predicted molar refractivity (Wildman–Crippen MR) is 126 cm³/mol. The Labute approximate surface area is 194 Å². The molecule has 7 nitrogen and oxygen atoms in total. The first-order valence-electron chi connectivity index (χ1n) is 11.0. The minimum absolute atomic E-state index is 0.100. The van der Waals surface area contributed by atoms with E-state index in [4.69, 9.17) is 14.0 Å². The number of ether oxygens (including phenoxy) is 1. The van der Waals surface area contributed by atoms with Crippen LogP contribution in [-0.2, 0) is 22.5 Å². The van der Waals surface area contributed by atoms with Gasteiger partial charge in [-0.15, -0.1) is 0 Å². The van der Waals surface area contributed by atoms with Crippen LogP contribution < -0.4 is 4.74 Å². The Morgan fingerprint density at radius 3 is 2.45 bits per heavy atom. The summed E-state index contributed by atoms with van der Waals surface area (Å²) in [4.78, 5) is 21.5. The van der Waals surface area contributed by atoms with Crippen molar-refractivity contribution in [2.75, 3.05) is 6.61 Å². The van der Waals surface area contributed by atoms with Crippen molar-refractivity contribution in [3.8, 4) is 17.2 Å². The molecule has 0 saturated heterocycles. The minimum atomic E-state index is -0.929. The molecule has 3 rings (SSSR count). The maximum absolute atomic E-state index is 11.7. The predicted octanol–water partition coefficient (Wildman–Crippen LogP) is 5.32. The third-order valence-electron chi connectivity index (χ3n) is 5.09. The largest absolute Gasteiger partial charge is 0.493 e. The Morgan fingerprint density at radius 1 is 1.12 bits per heavy atom. The van der Waals surface area contributed by atoms with Gasteiger partial charge in [0.05, 0.1) is 18.0 Å². The van der Waals surface area contributed by atoms with Crippen molar-refractivity contribution < 1.29 is 23.9 Å². The van der Waals surface area contributed by atoms with Crippen LogP contribution in [0.1, 0.15) is 37.8 Å². The summed E-state index contributed by atoms with van der Waals surface area (Å²) in [7, 11) is 0. The molecule has 1 unspecified atom stereocenters. The Bertz CT molecular complexity index is 1070. The molecule has 2 aromatic carbocycles. The van der Waals surface area contributed by atoms with Gasteiger partial charge < -0.3 is 19.1 Å². The van der Waals surface area contributed by atoms with Crippen LogP contribution in [0, 0.1) is 12.8 Å². The van der Waals surface area contributed by atoms with Gasteiger partial charge in [-0.05, 0) is 63.9 Å². The molecule has 33 heavy (non-hydrogen) atoms. The summed E-state index contributed by atoms with van der Waals surface area (Å²) in [5.41, 5.74) is 3.13. The van der Waals surface area contributed by atoms with Crippen molar-refractivity contribution >= 4 is 11.7 Å². The number of carbonyl (C=O) groups is 1. The molecule has 1 aromatic heterocycles. The van der Waals surface area contributed by atoms with E-state index in [0.717, 1.165) is 22.6 Å². The number of carboxylic acids is 1. The van der Waals surface area contributed by atoms with Gasteiger partial charge in [-0.3, -0.25) is 4.79 Å². The Kier molecular flexibility index (Phi) is 8.24. The number of benzene rings is 2. The molecular weight excluding hydrogens is 420 g/mol. The van der Waals surface area contributed by atoms with Crippen molar-refractivity contribution in [3.05, 3.63) is 71.6 Å². The van der Waals surface area contributed by atoms with Gasteiger partial charge in [-0.2, -0.15) is 0 Å². The van der Waals surface area contributed by atoms with Crippen LogP contribution in [0.5, 0.6) is 5.75 Å². The molecule has 7 heteroatoms. The van der Waals surface area contributed by atoms with Crippen LogP contribution in [0.4, 0.5) is 0 Å². The van der Waals surface area contributed by atoms with Gasteiger partial charge in [0.15, 0.2) is 0 Å². The Balaban J connectivity index is 1.55. The maximum atomic E-state index is 11.7. The van der Waals surface area contributed by atoms with E-state index < -0.39 is 11.9 Å². The smallest absolute Gasteiger partial charge is 0.312 e. The summed E-state index contributed by atoms with van der Waals surface area (Å²) in [6, 6.07) is 17.2. The van der Waals surface area contributed by atoms with Crippen LogP contribution in [0.15, 0.2) is 64.2 Å². The zero-order valence-corrected chi connectivity index (χ0v) is 19.4. The SMILES string of the molecule is CC(=NOC(C)C)C(Cc1ccc(OCCc2nc(-c3ccccc3)oc2C)cc1)C(=O)O. The van der Waals surface area contributed by atoms with Crippen molar-refractivity contribution in [2.24, 2.45) is 11.1 Å². The van der Waals surface area contributed by atoms with Crippen LogP contribution in [0.25, 0.3) is 11.5 Å². The van der Waals surface area contributed by atoms with Gasteiger partial charge in [-0.25, -0.2) is 4.98 Å². The van der Waals surface area contributed by atoms with E-state index in [1.165, 1.54) is 0 Å². The first-order valence-corrected chi connectivity index (χ1v) is 11.0. The molecule has 0 spiro atoms. The first kappa shape index (κ1) is 24.0. The van der Waals surface area contributed by atoms with Gasteiger partial charge in [-0.1, -0.05) is 35.5 Å². The zero-order valence-electron chi connectivity index (χ0n) is 19.4. The van der Waals surface area contributed by atoms with Crippen molar-refractivity contribution in [1.29, 1.82) is 0 Å². The quantitative estimate of drug-likeness (QED) is 0.314. The van der Waals surface area contributed by atoms with Gasteiger partial charge in [0.2, 0.25) is 5.89 Å². The van der Waals surface area contributed by atoms with E-state index in [1.807, 2.05) is 75.4 Å². The average molecular weight is 451 g/mol. The molecular formula is C26H30N2O5. The molecule has 1 heterocycles. The lowest BCUT2D eigenvalue weighted by Gasteiger charge is -2.13. The van der Waals surface area contributed by atoms with E-state index >= 15 is 0 Å². The van der Waals surface area contributed by atoms with Crippen LogP contribution >= 0.6 is 0 Å². The second-order valence-electron chi connectivity index (χ2n) is 8.11. The molecule has 1 atom stereocenters. The lowest BCUT2D eigenvalue weighted by Crippen LogP contribution is -2.24. The second kappa shape index (κ2) is 11.3. The van der Waals surface area contributed by atoms with Crippen molar-refractivity contribution in [1.82, 2.24) is 4.98 Å². The molecule has 0 aliphatic heterocycles. The molecule has 0 fully saturated rings. The highest BCUT2D eigenvalue weighted by Gasteiger charge is 2.22. The fraction of sp³-hybridized carbons (Fsp3) is 0.346. The highest BCUT2D eigenvalue weighted by Crippen LogP contribution is 2.22. The zero-order chi connectivity index (χ0) is 23.8. The van der Waals surface area contributed by atoms with Crippen LogP contribution in [0.3, 0.4) is 0 Å². The van der Waals surface area contributed by atoms with Gasteiger partial charge in [0.1, 0.15) is 23.5 Å². The standard InChI is InChI=1S/C26H30N2O5/c1-17(2)33-28-18(3)23(26(29)30)16-20-10-12-22(13-11-20)31-15-14-24-19(4)32-25(27-24)21-8-6-5-7-9-21/h5-13,17,23H,14-16H2,1-4H3,(H,29,30). The Morgan fingerprint density at radius 2 is 1.82 bits per heavy atom. The molecule has 174 valence electrons. The minimum Gasteiger partial charge on any atom is -0.493 e. The highest BCUT2D eigenvalue weighted by molar-refractivity contribution is 6.00. The molecule has 0 saturated carbocycles. The summed E-state index contributed by atoms with van der Waals surface area (Å²) >= 11 is 0. The van der Waals surface area contributed by atoms with E-state index in [-0.39, 0.29) is 6.10 Å². The molecule has 0 bridgehead atoms. The van der Waals surface area contributed by atoms with Crippen LogP contribution in [-0.4, -0.2) is 34.5 Å². The normalized spacial score (nSPS) is 12.6. The Hall–Kier alpha value is -3.61. The summed E-state index contributed by atoms with van der Waals surface area (Å²) < 4.78 is 11.6. The number of oxazole rings is 1. The highest BCUT2D eigenvalue weighted by atomic mass is 16.6. The molecule has 0 aliphatic carbocycles. The van der Waals surface area contributed by atoms with E-state index in [0.29, 0.717) is 36.8 Å². The number of hydrogen-bond donors (Lipinski definition) is 1. The molecule has 3 aromatic rings. The monoisotopic (exact) mass is 450 g/mol. The number of carboxylic acid groups (broad SMARTS) is 1. The number of nitrogens with zero attached hydrogens (tertiary/aromatic N) is 2. The summed E-state index contributed by atoms with van der Waals surface area (Å²) in [6.07, 6.45) is 0.848. The second-order valence-corrected chi connectivity index (χ2v) is 8.11. The van der Waals surface area contributed by atoms with E-state index in [1.54, 1.807) is 6.92 Å². The molecule has 0 amide bonds. The lowest BCUT2D eigenvalue weighted by atomic mass is 9.95. The number of rotatable bonds is 11. The van der Waals surface area contributed by atoms with E-state index in [2.05, 4.69) is 10.1 Å². The van der Waals surface area contributed by atoms with Gasteiger partial charge in [0, 0.05) is 12.0 Å². The average Bonchev–Trinajstić information content (AvgIpc) is 3.17. The summed E-state index contributed by atoms with van der Waals surface area (Å²) in [5, 5.41) is 13.5. The number of oxime groups is 1. The fourth-order valence-corrected chi connectivity index (χ4v) is 3.25. The number of hydrogen-bond acceptors (Lipinski definition) is 6. The molecule has 0 radical (unpaired) electrons. The van der Waals surface area contributed by atoms with Gasteiger partial charge >= 0.3 is 5.97 Å². The number of aryl methyl sites for hydroxylation is 1. The number of aliphatic carboxylic acids is 1. The van der Waals surface area contributed by atoms with Crippen molar-refractivity contribution in [2.45, 2.75) is 46.6 Å². The van der Waals surface area contributed by atoms with E-state index in [9.17, 15) is 9.90 Å². The van der Waals surface area contributed by atoms with Gasteiger partial charge in [0.25, 0.3) is 0 Å². The molecule has 1 N–H and O–H groups in total. The lowest BCUT2D eigenvalue weighted by molar-refractivity contribution is -0.139. The fourth-order valence-electron chi connectivity index (χ4n) is 3.25. The maximum Gasteiger partial charge on any atom is 0.312 e. The summed E-state index contributed by atoms with van der Waals surface area (Å²) in [6.45, 7) is 7.72. The third kappa shape index (κ3) is 6.94. The van der Waals surface area contributed by atoms with Crippen molar-refractivity contribution in [3.63, 3.8) is 0 Å². The topological polar surface area (TPSA) is 94.2 Å². The third-order valence-corrected chi connectivity index (χ3v) is 5.09. The number of aromatic nitrogens is 1.